The molecule has 0 amide bonds. The fourth-order valence-corrected chi connectivity index (χ4v) is 1.25. The van der Waals surface area contributed by atoms with Crippen molar-refractivity contribution in [2.75, 3.05) is 0 Å². The van der Waals surface area contributed by atoms with E-state index in [-0.39, 0.29) is 17.5 Å². The van der Waals surface area contributed by atoms with Gasteiger partial charge in [-0.3, -0.25) is 0 Å². The smallest absolute Gasteiger partial charge is 0.130 e. The molecule has 0 spiro atoms. The van der Waals surface area contributed by atoms with Gasteiger partial charge >= 0.3 is 0 Å². The van der Waals surface area contributed by atoms with Crippen LogP contribution in [0.3, 0.4) is 0 Å². The molecule has 1 aromatic rings. The van der Waals surface area contributed by atoms with E-state index < -0.39 is 18.0 Å². The van der Waals surface area contributed by atoms with Gasteiger partial charge in [0.05, 0.1) is 30.2 Å². The highest BCUT2D eigenvalue weighted by Crippen LogP contribution is 2.22. The molecule has 2 unspecified atom stereocenters. The number of aliphatic hydroxyl groups excluding tert-OH is 2. The van der Waals surface area contributed by atoms with E-state index in [1.54, 1.807) is 12.1 Å². The minimum absolute atomic E-state index is 0.123. The van der Waals surface area contributed by atoms with Crippen molar-refractivity contribution in [3.8, 4) is 12.1 Å². The lowest BCUT2D eigenvalue weighted by Crippen LogP contribution is -2.18. The summed E-state index contributed by atoms with van der Waals surface area (Å²) in [6.07, 6.45) is -3.10. The first-order valence-electron chi connectivity index (χ1n) is 4.52. The molecule has 2 atom stereocenters. The second kappa shape index (κ2) is 5.22. The van der Waals surface area contributed by atoms with Crippen LogP contribution in [-0.4, -0.2) is 16.3 Å². The highest BCUT2D eigenvalue weighted by Gasteiger charge is 2.21. The molecule has 0 fully saturated rings. The van der Waals surface area contributed by atoms with Gasteiger partial charge in [0.15, 0.2) is 0 Å². The molecule has 0 aliphatic carbocycles. The Morgan fingerprint density at radius 1 is 1.31 bits per heavy atom. The third-order valence-corrected chi connectivity index (χ3v) is 2.11. The molecule has 0 saturated carbocycles. The maximum absolute atomic E-state index is 13.4. The fourth-order valence-electron chi connectivity index (χ4n) is 1.25. The van der Waals surface area contributed by atoms with Gasteiger partial charge in [0.25, 0.3) is 0 Å². The zero-order valence-corrected chi connectivity index (χ0v) is 8.26. The Labute approximate surface area is 91.8 Å². The van der Waals surface area contributed by atoms with E-state index >= 15 is 0 Å². The molecule has 2 N–H and O–H groups in total. The molecule has 1 aromatic carbocycles. The monoisotopic (exact) mass is 220 g/mol. The third-order valence-electron chi connectivity index (χ3n) is 2.11. The van der Waals surface area contributed by atoms with Crippen molar-refractivity contribution >= 4 is 0 Å². The number of benzene rings is 1. The Morgan fingerprint density at radius 2 is 2.00 bits per heavy atom. The van der Waals surface area contributed by atoms with Crippen molar-refractivity contribution in [1.82, 2.24) is 0 Å². The maximum atomic E-state index is 13.4. The number of nitriles is 2. The first-order chi connectivity index (χ1) is 7.60. The summed E-state index contributed by atoms with van der Waals surface area (Å²) >= 11 is 0. The van der Waals surface area contributed by atoms with Crippen molar-refractivity contribution in [1.29, 1.82) is 10.5 Å². The molecule has 5 heteroatoms. The standard InChI is InChI=1S/C11H9FN2O2/c12-9-5-7(6-14)1-2-8(9)11(16)10(15)3-4-13/h1-2,5,10-11,15-16H,3H2. The van der Waals surface area contributed by atoms with Crippen LogP contribution in [-0.2, 0) is 0 Å². The predicted octanol–water partition coefficient (Wildman–Crippen LogP) is 1.01. The first kappa shape index (κ1) is 12.1. The number of rotatable bonds is 3. The molecule has 0 radical (unpaired) electrons. The van der Waals surface area contributed by atoms with E-state index in [2.05, 4.69) is 0 Å². The van der Waals surface area contributed by atoms with Gasteiger partial charge in [-0.05, 0) is 12.1 Å². The van der Waals surface area contributed by atoms with Crippen LogP contribution in [0.1, 0.15) is 23.7 Å². The lowest BCUT2D eigenvalue weighted by Gasteiger charge is -2.16. The Morgan fingerprint density at radius 3 is 2.50 bits per heavy atom. The summed E-state index contributed by atoms with van der Waals surface area (Å²) in [4.78, 5) is 0. The molecular weight excluding hydrogens is 211 g/mol. The van der Waals surface area contributed by atoms with Gasteiger partial charge in [-0.15, -0.1) is 0 Å². The summed E-state index contributed by atoms with van der Waals surface area (Å²) in [5.74, 6) is -0.775. The van der Waals surface area contributed by atoms with Crippen LogP contribution in [0.15, 0.2) is 18.2 Å². The first-order valence-corrected chi connectivity index (χ1v) is 4.52. The zero-order chi connectivity index (χ0) is 12.1. The molecule has 0 aliphatic rings. The van der Waals surface area contributed by atoms with Gasteiger partial charge in [-0.1, -0.05) is 6.07 Å². The molecule has 82 valence electrons. The Balaban J connectivity index is 2.97. The summed E-state index contributed by atoms with van der Waals surface area (Å²) in [7, 11) is 0. The minimum Gasteiger partial charge on any atom is -0.389 e. The predicted molar refractivity (Wildman–Crippen MR) is 52.3 cm³/mol. The van der Waals surface area contributed by atoms with Crippen molar-refractivity contribution in [3.63, 3.8) is 0 Å². The summed E-state index contributed by atoms with van der Waals surface area (Å²) < 4.78 is 13.4. The van der Waals surface area contributed by atoms with Gasteiger partial charge in [0, 0.05) is 5.56 Å². The maximum Gasteiger partial charge on any atom is 0.130 e. The van der Waals surface area contributed by atoms with E-state index in [0.717, 1.165) is 6.07 Å². The largest absolute Gasteiger partial charge is 0.389 e. The molecule has 4 nitrogen and oxygen atoms in total. The third kappa shape index (κ3) is 2.54. The van der Waals surface area contributed by atoms with Crippen LogP contribution in [0, 0.1) is 28.5 Å². The Hall–Kier alpha value is -1.95. The molecule has 0 aliphatic heterocycles. The summed E-state index contributed by atoms with van der Waals surface area (Å²) in [5.41, 5.74) is 0.00460. The average molecular weight is 220 g/mol. The minimum atomic E-state index is -1.47. The molecule has 1 rings (SSSR count). The lowest BCUT2D eigenvalue weighted by atomic mass is 10.0. The molecule has 16 heavy (non-hydrogen) atoms. The van der Waals surface area contributed by atoms with Crippen LogP contribution in [0.4, 0.5) is 4.39 Å². The number of nitrogens with zero attached hydrogens (tertiary/aromatic N) is 2. The van der Waals surface area contributed by atoms with E-state index in [0.29, 0.717) is 0 Å². The Kier molecular flexibility index (Phi) is 3.96. The molecule has 0 heterocycles. The van der Waals surface area contributed by atoms with E-state index in [9.17, 15) is 14.6 Å². The molecule has 0 bridgehead atoms. The molecular formula is C11H9FN2O2. The van der Waals surface area contributed by atoms with Crippen LogP contribution >= 0.6 is 0 Å². The van der Waals surface area contributed by atoms with Gasteiger partial charge < -0.3 is 10.2 Å². The van der Waals surface area contributed by atoms with E-state index in [1.807, 2.05) is 0 Å². The second-order valence-corrected chi connectivity index (χ2v) is 3.22. The molecule has 0 aromatic heterocycles. The number of hydrogen-bond acceptors (Lipinski definition) is 4. The van der Waals surface area contributed by atoms with E-state index in [1.165, 1.54) is 12.1 Å². The second-order valence-electron chi connectivity index (χ2n) is 3.22. The SMILES string of the molecule is N#CCC(O)C(O)c1ccc(C#N)cc1F. The normalized spacial score (nSPS) is 13.6. The lowest BCUT2D eigenvalue weighted by molar-refractivity contribution is 0.0195. The van der Waals surface area contributed by atoms with Crippen molar-refractivity contribution in [2.24, 2.45) is 0 Å². The average Bonchev–Trinajstić information content (AvgIpc) is 2.28. The zero-order valence-electron chi connectivity index (χ0n) is 8.26. The number of aliphatic hydroxyl groups is 2. The Bertz CT molecular complexity index is 462. The van der Waals surface area contributed by atoms with E-state index in [4.69, 9.17) is 10.5 Å². The quantitative estimate of drug-likeness (QED) is 0.795. The molecule has 0 saturated heterocycles. The highest BCUT2D eigenvalue weighted by molar-refractivity contribution is 5.34. The van der Waals surface area contributed by atoms with Crippen LogP contribution < -0.4 is 0 Å². The highest BCUT2D eigenvalue weighted by atomic mass is 19.1. The topological polar surface area (TPSA) is 88.0 Å². The van der Waals surface area contributed by atoms with Gasteiger partial charge in [-0.25, -0.2) is 4.39 Å². The van der Waals surface area contributed by atoms with Gasteiger partial charge in [0.1, 0.15) is 11.9 Å². The summed E-state index contributed by atoms with van der Waals surface area (Å²) in [6.45, 7) is 0. The summed E-state index contributed by atoms with van der Waals surface area (Å²) in [5, 5.41) is 35.7. The van der Waals surface area contributed by atoms with Crippen LogP contribution in [0.2, 0.25) is 0 Å². The number of halogens is 1. The summed E-state index contributed by atoms with van der Waals surface area (Å²) in [6, 6.07) is 6.95. The van der Waals surface area contributed by atoms with Gasteiger partial charge in [0.2, 0.25) is 0 Å². The van der Waals surface area contributed by atoms with Crippen LogP contribution in [0.5, 0.6) is 0 Å². The fraction of sp³-hybridized carbons (Fsp3) is 0.273. The van der Waals surface area contributed by atoms with Gasteiger partial charge in [-0.2, -0.15) is 10.5 Å². The van der Waals surface area contributed by atoms with Crippen molar-refractivity contribution in [3.05, 3.63) is 35.1 Å². The van der Waals surface area contributed by atoms with Crippen LogP contribution in [0.25, 0.3) is 0 Å². The van der Waals surface area contributed by atoms with Crippen molar-refractivity contribution < 1.29 is 14.6 Å². The van der Waals surface area contributed by atoms with Crippen molar-refractivity contribution in [2.45, 2.75) is 18.6 Å². The number of hydrogen-bond donors (Lipinski definition) is 2.